The fraction of sp³-hybridized carbons (Fsp3) is 0. The lowest BCUT2D eigenvalue weighted by molar-refractivity contribution is -0.384. The number of hydrogen-bond donors (Lipinski definition) is 2. The van der Waals surface area contributed by atoms with E-state index in [1.54, 1.807) is 48.5 Å². The zero-order chi connectivity index (χ0) is 23.6. The molecule has 0 bridgehead atoms. The lowest BCUT2D eigenvalue weighted by Gasteiger charge is -2.06. The average molecular weight is 483 g/mol. The van der Waals surface area contributed by atoms with E-state index < -0.39 is 10.8 Å². The van der Waals surface area contributed by atoms with Crippen LogP contribution < -0.4 is 10.7 Å². The molecule has 0 spiro atoms. The van der Waals surface area contributed by atoms with E-state index in [1.165, 1.54) is 30.6 Å². The SMILES string of the molecule is O=C(NC(=N/N=C/c1ccc(Cl)cc1)N/N=C/c1ccc(Cl)cc1)c1cccc([N+](=O)[O-])c1. The third-order valence-corrected chi connectivity index (χ3v) is 4.54. The molecule has 3 aromatic rings. The van der Waals surface area contributed by atoms with Gasteiger partial charge in [-0.3, -0.25) is 20.2 Å². The van der Waals surface area contributed by atoms with Gasteiger partial charge in [0, 0.05) is 27.7 Å². The van der Waals surface area contributed by atoms with Crippen molar-refractivity contribution < 1.29 is 9.72 Å². The van der Waals surface area contributed by atoms with E-state index in [-0.39, 0.29) is 17.2 Å². The van der Waals surface area contributed by atoms with E-state index >= 15 is 0 Å². The summed E-state index contributed by atoms with van der Waals surface area (Å²) in [5.74, 6) is -0.727. The van der Waals surface area contributed by atoms with E-state index in [1.807, 2.05) is 0 Å². The van der Waals surface area contributed by atoms with Gasteiger partial charge < -0.3 is 0 Å². The summed E-state index contributed by atoms with van der Waals surface area (Å²) in [6.45, 7) is 0. The molecule has 3 aromatic carbocycles. The van der Waals surface area contributed by atoms with Gasteiger partial charge in [-0.25, -0.2) is 5.43 Å². The van der Waals surface area contributed by atoms with Crippen molar-refractivity contribution in [3.05, 3.63) is 110 Å². The maximum Gasteiger partial charge on any atom is 0.270 e. The highest BCUT2D eigenvalue weighted by Gasteiger charge is 2.13. The van der Waals surface area contributed by atoms with Gasteiger partial charge in [-0.1, -0.05) is 53.5 Å². The number of halogens is 2. The highest BCUT2D eigenvalue weighted by molar-refractivity contribution is 6.30. The first-order chi connectivity index (χ1) is 15.9. The Balaban J connectivity index is 1.78. The Bertz CT molecular complexity index is 1230. The number of non-ortho nitro benzene ring substituents is 1. The highest BCUT2D eigenvalue weighted by atomic mass is 35.5. The molecule has 166 valence electrons. The van der Waals surface area contributed by atoms with Crippen LogP contribution in [0.1, 0.15) is 21.5 Å². The van der Waals surface area contributed by atoms with Crippen molar-refractivity contribution in [1.82, 2.24) is 10.7 Å². The second kappa shape index (κ2) is 11.5. The van der Waals surface area contributed by atoms with E-state index in [0.717, 1.165) is 17.2 Å². The van der Waals surface area contributed by atoms with Gasteiger partial charge in [0.05, 0.1) is 17.4 Å². The van der Waals surface area contributed by atoms with Crippen LogP contribution in [-0.2, 0) is 0 Å². The Kier molecular flexibility index (Phi) is 8.23. The van der Waals surface area contributed by atoms with Crippen molar-refractivity contribution in [3.63, 3.8) is 0 Å². The number of carbonyl (C=O) groups excluding carboxylic acids is 1. The van der Waals surface area contributed by atoms with E-state index in [0.29, 0.717) is 10.0 Å². The van der Waals surface area contributed by atoms with Crippen LogP contribution in [0.25, 0.3) is 0 Å². The minimum Gasteiger partial charge on any atom is -0.290 e. The molecule has 0 fully saturated rings. The number of nitrogens with zero attached hydrogens (tertiary/aromatic N) is 4. The summed E-state index contributed by atoms with van der Waals surface area (Å²) in [4.78, 5) is 23.0. The zero-order valence-corrected chi connectivity index (χ0v) is 18.4. The third-order valence-electron chi connectivity index (χ3n) is 4.04. The Morgan fingerprint density at radius 2 is 1.52 bits per heavy atom. The molecule has 0 aromatic heterocycles. The number of nitrogens with one attached hydrogen (secondary N) is 2. The standard InChI is InChI=1S/C22H16Cl2N6O3/c23-18-8-4-15(5-9-18)13-25-28-22(29-26-14-16-6-10-19(24)11-7-16)27-21(31)17-2-1-3-20(12-17)30(32)33/h1-14H,(H2,27,28,29,31)/b25-13+,26-14+. The monoisotopic (exact) mass is 482 g/mol. The fourth-order valence-electron chi connectivity index (χ4n) is 2.43. The van der Waals surface area contributed by atoms with Gasteiger partial charge in [0.2, 0.25) is 5.96 Å². The fourth-order valence-corrected chi connectivity index (χ4v) is 2.69. The molecule has 0 radical (unpaired) electrons. The molecule has 33 heavy (non-hydrogen) atoms. The average Bonchev–Trinajstić information content (AvgIpc) is 2.81. The number of nitro groups is 1. The van der Waals surface area contributed by atoms with Gasteiger partial charge in [-0.2, -0.15) is 10.2 Å². The molecule has 0 saturated carbocycles. The first kappa shape index (κ1) is 23.6. The molecule has 1 amide bonds. The van der Waals surface area contributed by atoms with Gasteiger partial charge in [0.25, 0.3) is 11.6 Å². The van der Waals surface area contributed by atoms with E-state index in [4.69, 9.17) is 23.2 Å². The van der Waals surface area contributed by atoms with Crippen molar-refractivity contribution in [1.29, 1.82) is 0 Å². The van der Waals surface area contributed by atoms with Crippen LogP contribution in [0.2, 0.25) is 10.0 Å². The first-order valence-corrected chi connectivity index (χ1v) is 10.1. The van der Waals surface area contributed by atoms with Crippen molar-refractivity contribution in [2.24, 2.45) is 15.3 Å². The van der Waals surface area contributed by atoms with Crippen LogP contribution in [0.3, 0.4) is 0 Å². The molecule has 0 aliphatic heterocycles. The largest absolute Gasteiger partial charge is 0.290 e. The molecule has 9 nitrogen and oxygen atoms in total. The van der Waals surface area contributed by atoms with Gasteiger partial charge in [0.15, 0.2) is 0 Å². The topological polar surface area (TPSA) is 121 Å². The smallest absolute Gasteiger partial charge is 0.270 e. The van der Waals surface area contributed by atoms with Crippen molar-refractivity contribution in [2.75, 3.05) is 0 Å². The third kappa shape index (κ3) is 7.53. The van der Waals surface area contributed by atoms with Crippen LogP contribution in [0.4, 0.5) is 5.69 Å². The number of rotatable bonds is 6. The Morgan fingerprint density at radius 3 is 2.12 bits per heavy atom. The molecule has 0 heterocycles. The minimum absolute atomic E-state index is 0.0714. The molecular formula is C22H16Cl2N6O3. The van der Waals surface area contributed by atoms with E-state index in [9.17, 15) is 14.9 Å². The number of guanidine groups is 1. The quantitative estimate of drug-likeness (QED) is 0.230. The molecular weight excluding hydrogens is 467 g/mol. The maximum atomic E-state index is 12.6. The van der Waals surface area contributed by atoms with Crippen molar-refractivity contribution in [3.8, 4) is 0 Å². The summed E-state index contributed by atoms with van der Waals surface area (Å²) in [5.41, 5.74) is 3.95. The number of hydrazone groups is 1. The van der Waals surface area contributed by atoms with Crippen LogP contribution in [0.5, 0.6) is 0 Å². The summed E-state index contributed by atoms with van der Waals surface area (Å²) in [6.07, 6.45) is 2.95. The van der Waals surface area contributed by atoms with Crippen molar-refractivity contribution >= 4 is 53.2 Å². The first-order valence-electron chi connectivity index (χ1n) is 9.38. The predicted molar refractivity (Wildman–Crippen MR) is 129 cm³/mol. The molecule has 3 rings (SSSR count). The molecule has 0 atom stereocenters. The number of carbonyl (C=O) groups is 1. The molecule has 0 aliphatic rings. The molecule has 0 aliphatic carbocycles. The van der Waals surface area contributed by atoms with Crippen LogP contribution in [-0.4, -0.2) is 29.2 Å². The second-order valence-corrected chi connectivity index (χ2v) is 7.30. The summed E-state index contributed by atoms with van der Waals surface area (Å²) in [5, 5.41) is 26.6. The maximum absolute atomic E-state index is 12.6. The van der Waals surface area contributed by atoms with Crippen LogP contribution in [0, 0.1) is 10.1 Å². The Hall–Kier alpha value is -4.08. The predicted octanol–water partition coefficient (Wildman–Crippen LogP) is 4.65. The summed E-state index contributed by atoms with van der Waals surface area (Å²) in [6, 6.07) is 19.1. The summed E-state index contributed by atoms with van der Waals surface area (Å²) >= 11 is 11.7. The van der Waals surface area contributed by atoms with Crippen LogP contribution >= 0.6 is 23.2 Å². The summed E-state index contributed by atoms with van der Waals surface area (Å²) in [7, 11) is 0. The van der Waals surface area contributed by atoms with Gasteiger partial charge in [0.1, 0.15) is 0 Å². The molecule has 0 saturated heterocycles. The summed E-state index contributed by atoms with van der Waals surface area (Å²) < 4.78 is 0. The number of nitro benzene ring substituents is 1. The van der Waals surface area contributed by atoms with Crippen molar-refractivity contribution in [2.45, 2.75) is 0 Å². The van der Waals surface area contributed by atoms with Gasteiger partial charge in [-0.05, 0) is 41.5 Å². The highest BCUT2D eigenvalue weighted by Crippen LogP contribution is 2.13. The van der Waals surface area contributed by atoms with E-state index in [2.05, 4.69) is 26.0 Å². The van der Waals surface area contributed by atoms with Gasteiger partial charge in [-0.15, -0.1) is 5.10 Å². The second-order valence-electron chi connectivity index (χ2n) is 6.43. The lowest BCUT2D eigenvalue weighted by Crippen LogP contribution is -2.38. The lowest BCUT2D eigenvalue weighted by atomic mass is 10.2. The zero-order valence-electron chi connectivity index (χ0n) is 16.9. The van der Waals surface area contributed by atoms with Gasteiger partial charge >= 0.3 is 0 Å². The molecule has 2 N–H and O–H groups in total. The number of benzene rings is 3. The normalized spacial score (nSPS) is 11.6. The Morgan fingerprint density at radius 1 is 0.909 bits per heavy atom. The molecule has 0 unspecified atom stereocenters. The number of amides is 1. The number of hydrogen-bond acceptors (Lipinski definition) is 6. The minimum atomic E-state index is -0.631. The molecule has 11 heteroatoms. The Labute approximate surface area is 198 Å². The van der Waals surface area contributed by atoms with Crippen LogP contribution in [0.15, 0.2) is 88.1 Å².